The molecule has 1 heterocycles. The van der Waals surface area contributed by atoms with Gasteiger partial charge in [-0.2, -0.15) is 0 Å². The molecule has 7 heteroatoms. The fourth-order valence-electron chi connectivity index (χ4n) is 2.82. The lowest BCUT2D eigenvalue weighted by molar-refractivity contribution is -0.115. The molecular weight excluding hydrogens is 358 g/mol. The van der Waals surface area contributed by atoms with Gasteiger partial charge in [0.25, 0.3) is 5.56 Å². The first-order valence-electron chi connectivity index (χ1n) is 8.30. The van der Waals surface area contributed by atoms with Crippen LogP contribution < -0.4 is 10.9 Å². The number of aryl methyl sites for hydroxylation is 2. The van der Waals surface area contributed by atoms with Crippen LogP contribution in [0.5, 0.6) is 0 Å². The number of amides is 1. The standard InChI is InChI=1S/C18H20ClN3O2S/c1-10-7-8-12(19)9-15(10)20-16(23)11(2)25-18-21-14-6-4-3-5-13(14)17(24)22-18/h7-9,11H,3-6H2,1-2H3,(H,20,23)(H,21,22,24). The molecule has 1 unspecified atom stereocenters. The zero-order valence-corrected chi connectivity index (χ0v) is 15.8. The molecule has 1 atom stereocenters. The number of anilines is 1. The Morgan fingerprint density at radius 1 is 1.36 bits per heavy atom. The summed E-state index contributed by atoms with van der Waals surface area (Å²) in [6, 6.07) is 5.37. The maximum Gasteiger partial charge on any atom is 0.254 e. The lowest BCUT2D eigenvalue weighted by atomic mass is 9.97. The second-order valence-electron chi connectivity index (χ2n) is 6.21. The molecule has 1 amide bonds. The van der Waals surface area contributed by atoms with Crippen molar-refractivity contribution in [2.45, 2.75) is 49.9 Å². The van der Waals surface area contributed by atoms with Gasteiger partial charge in [0.2, 0.25) is 5.91 Å². The molecule has 0 saturated heterocycles. The third-order valence-corrected chi connectivity index (χ3v) is 5.50. The predicted octanol–water partition coefficient (Wildman–Crippen LogP) is 3.73. The number of rotatable bonds is 4. The van der Waals surface area contributed by atoms with Crippen LogP contribution in [0.25, 0.3) is 0 Å². The van der Waals surface area contributed by atoms with Crippen LogP contribution in [0, 0.1) is 6.92 Å². The van der Waals surface area contributed by atoms with Gasteiger partial charge in [-0.25, -0.2) is 4.98 Å². The summed E-state index contributed by atoms with van der Waals surface area (Å²) in [5, 5.41) is 3.55. The van der Waals surface area contributed by atoms with Crippen LogP contribution in [0.15, 0.2) is 28.2 Å². The van der Waals surface area contributed by atoms with Crippen molar-refractivity contribution in [2.75, 3.05) is 5.32 Å². The molecule has 1 aliphatic carbocycles. The van der Waals surface area contributed by atoms with Crippen LogP contribution >= 0.6 is 23.4 Å². The van der Waals surface area contributed by atoms with Crippen LogP contribution in [0.3, 0.4) is 0 Å². The van der Waals surface area contributed by atoms with E-state index in [4.69, 9.17) is 11.6 Å². The van der Waals surface area contributed by atoms with Crippen LogP contribution in [0.4, 0.5) is 5.69 Å². The summed E-state index contributed by atoms with van der Waals surface area (Å²) in [7, 11) is 0. The molecule has 0 fully saturated rings. The van der Waals surface area contributed by atoms with E-state index in [9.17, 15) is 9.59 Å². The first-order valence-corrected chi connectivity index (χ1v) is 9.55. The number of benzene rings is 1. The van der Waals surface area contributed by atoms with Gasteiger partial charge >= 0.3 is 0 Å². The number of carbonyl (C=O) groups is 1. The van der Waals surface area contributed by atoms with Crippen molar-refractivity contribution < 1.29 is 4.79 Å². The minimum atomic E-state index is -0.400. The van der Waals surface area contributed by atoms with Crippen LogP contribution in [0.2, 0.25) is 5.02 Å². The SMILES string of the molecule is Cc1ccc(Cl)cc1NC(=O)C(C)Sc1nc2c(c(=O)[nH]1)CCCC2. The number of H-pyrrole nitrogens is 1. The molecule has 0 spiro atoms. The number of aromatic nitrogens is 2. The number of thioether (sulfide) groups is 1. The average Bonchev–Trinajstić information content (AvgIpc) is 2.58. The van der Waals surface area contributed by atoms with E-state index in [0.717, 1.165) is 42.5 Å². The topological polar surface area (TPSA) is 74.8 Å². The quantitative estimate of drug-likeness (QED) is 0.628. The summed E-state index contributed by atoms with van der Waals surface area (Å²) in [5.41, 5.74) is 3.22. The van der Waals surface area contributed by atoms with Crippen molar-refractivity contribution in [3.63, 3.8) is 0 Å². The van der Waals surface area contributed by atoms with Gasteiger partial charge in [-0.15, -0.1) is 0 Å². The minimum absolute atomic E-state index is 0.0782. The third kappa shape index (κ3) is 4.25. The zero-order chi connectivity index (χ0) is 18.0. The van der Waals surface area contributed by atoms with Gasteiger partial charge in [-0.1, -0.05) is 29.4 Å². The second kappa shape index (κ2) is 7.62. The fourth-order valence-corrected chi connectivity index (χ4v) is 3.81. The highest BCUT2D eigenvalue weighted by atomic mass is 35.5. The number of carbonyl (C=O) groups excluding carboxylic acids is 1. The Kier molecular flexibility index (Phi) is 5.49. The molecule has 3 rings (SSSR count). The molecule has 0 aliphatic heterocycles. The van der Waals surface area contributed by atoms with E-state index in [0.29, 0.717) is 15.9 Å². The highest BCUT2D eigenvalue weighted by Crippen LogP contribution is 2.25. The molecule has 25 heavy (non-hydrogen) atoms. The van der Waals surface area contributed by atoms with Gasteiger partial charge in [-0.3, -0.25) is 9.59 Å². The summed E-state index contributed by atoms with van der Waals surface area (Å²) in [4.78, 5) is 32.0. The highest BCUT2D eigenvalue weighted by molar-refractivity contribution is 8.00. The Morgan fingerprint density at radius 3 is 2.92 bits per heavy atom. The van der Waals surface area contributed by atoms with E-state index in [2.05, 4.69) is 15.3 Å². The lowest BCUT2D eigenvalue weighted by Crippen LogP contribution is -2.25. The molecule has 0 radical (unpaired) electrons. The maximum atomic E-state index is 12.5. The van der Waals surface area contributed by atoms with Gasteiger partial charge in [0, 0.05) is 16.3 Å². The molecule has 1 aromatic carbocycles. The first-order chi connectivity index (χ1) is 11.9. The zero-order valence-electron chi connectivity index (χ0n) is 14.2. The molecule has 2 aromatic rings. The second-order valence-corrected chi connectivity index (χ2v) is 7.98. The number of aromatic amines is 1. The summed E-state index contributed by atoms with van der Waals surface area (Å²) < 4.78 is 0. The molecule has 132 valence electrons. The summed E-state index contributed by atoms with van der Waals surface area (Å²) in [6.07, 6.45) is 3.70. The van der Waals surface area contributed by atoms with Crippen molar-refractivity contribution in [2.24, 2.45) is 0 Å². The molecule has 0 saturated carbocycles. The number of hydrogen-bond acceptors (Lipinski definition) is 4. The fraction of sp³-hybridized carbons (Fsp3) is 0.389. The lowest BCUT2D eigenvalue weighted by Gasteiger charge is -2.16. The minimum Gasteiger partial charge on any atom is -0.325 e. The highest BCUT2D eigenvalue weighted by Gasteiger charge is 2.20. The number of halogens is 1. The normalized spacial score (nSPS) is 14.7. The molecule has 1 aliphatic rings. The van der Waals surface area contributed by atoms with Crippen molar-refractivity contribution in [1.82, 2.24) is 9.97 Å². The number of nitrogens with one attached hydrogen (secondary N) is 2. The smallest absolute Gasteiger partial charge is 0.254 e. The Balaban J connectivity index is 1.72. The van der Waals surface area contributed by atoms with E-state index in [1.807, 2.05) is 13.0 Å². The van der Waals surface area contributed by atoms with E-state index >= 15 is 0 Å². The molecular formula is C18H20ClN3O2S. The van der Waals surface area contributed by atoms with E-state index in [1.165, 1.54) is 11.8 Å². The van der Waals surface area contributed by atoms with Gasteiger partial charge < -0.3 is 10.3 Å². The number of fused-ring (bicyclic) bond motifs is 1. The van der Waals surface area contributed by atoms with Crippen molar-refractivity contribution in [3.05, 3.63) is 50.4 Å². The summed E-state index contributed by atoms with van der Waals surface area (Å²) in [6.45, 7) is 3.70. The Bertz CT molecular complexity index is 866. The third-order valence-electron chi connectivity index (χ3n) is 4.28. The first kappa shape index (κ1) is 18.0. The van der Waals surface area contributed by atoms with Gasteiger partial charge in [0.15, 0.2) is 5.16 Å². The average molecular weight is 378 g/mol. The number of hydrogen-bond donors (Lipinski definition) is 2. The van der Waals surface area contributed by atoms with E-state index < -0.39 is 5.25 Å². The van der Waals surface area contributed by atoms with E-state index in [1.54, 1.807) is 19.1 Å². The van der Waals surface area contributed by atoms with Crippen molar-refractivity contribution in [1.29, 1.82) is 0 Å². The van der Waals surface area contributed by atoms with Crippen molar-refractivity contribution >= 4 is 35.0 Å². The Hall–Kier alpha value is -1.79. The monoisotopic (exact) mass is 377 g/mol. The van der Waals surface area contributed by atoms with Crippen LogP contribution in [-0.2, 0) is 17.6 Å². The predicted molar refractivity (Wildman–Crippen MR) is 102 cm³/mol. The van der Waals surface area contributed by atoms with Crippen molar-refractivity contribution in [3.8, 4) is 0 Å². The van der Waals surface area contributed by atoms with Gasteiger partial charge in [0.05, 0.1) is 10.9 Å². The Labute approximate surface area is 155 Å². The summed E-state index contributed by atoms with van der Waals surface area (Å²) in [5.74, 6) is -0.157. The Morgan fingerprint density at radius 2 is 2.12 bits per heavy atom. The van der Waals surface area contributed by atoms with E-state index in [-0.39, 0.29) is 11.5 Å². The largest absolute Gasteiger partial charge is 0.325 e. The van der Waals surface area contributed by atoms with Crippen LogP contribution in [0.1, 0.15) is 36.6 Å². The molecule has 1 aromatic heterocycles. The van der Waals surface area contributed by atoms with Crippen LogP contribution in [-0.4, -0.2) is 21.1 Å². The van der Waals surface area contributed by atoms with Gasteiger partial charge in [0.1, 0.15) is 0 Å². The molecule has 0 bridgehead atoms. The maximum absolute atomic E-state index is 12.5. The summed E-state index contributed by atoms with van der Waals surface area (Å²) >= 11 is 7.24. The molecule has 2 N–H and O–H groups in total. The number of nitrogens with zero attached hydrogens (tertiary/aromatic N) is 1. The van der Waals surface area contributed by atoms with Gasteiger partial charge in [-0.05, 0) is 57.2 Å². The molecule has 5 nitrogen and oxygen atoms in total.